The van der Waals surface area contributed by atoms with Crippen molar-refractivity contribution in [3.05, 3.63) is 0 Å². The second-order valence-corrected chi connectivity index (χ2v) is 4.34. The molecule has 94 valence electrons. The van der Waals surface area contributed by atoms with Gasteiger partial charge in [0.25, 0.3) is 0 Å². The van der Waals surface area contributed by atoms with Crippen LogP contribution in [0.2, 0.25) is 0 Å². The lowest BCUT2D eigenvalue weighted by Crippen LogP contribution is -2.45. The van der Waals surface area contributed by atoms with E-state index in [0.717, 1.165) is 19.5 Å². The summed E-state index contributed by atoms with van der Waals surface area (Å²) < 4.78 is 0. The SMILES string of the molecule is CCC(NCCN1CCCCC1)C(N)=NO. The van der Waals surface area contributed by atoms with E-state index in [9.17, 15) is 0 Å². The van der Waals surface area contributed by atoms with E-state index in [1.807, 2.05) is 6.92 Å². The van der Waals surface area contributed by atoms with Crippen LogP contribution >= 0.6 is 0 Å². The number of piperidine rings is 1. The zero-order chi connectivity index (χ0) is 11.8. The highest BCUT2D eigenvalue weighted by Gasteiger charge is 2.12. The first-order valence-corrected chi connectivity index (χ1v) is 6.21. The highest BCUT2D eigenvalue weighted by atomic mass is 16.4. The Labute approximate surface area is 97.7 Å². The summed E-state index contributed by atoms with van der Waals surface area (Å²) in [5, 5.41) is 15.0. The maximum absolute atomic E-state index is 8.60. The first-order chi connectivity index (χ1) is 7.77. The van der Waals surface area contributed by atoms with Gasteiger partial charge in [0, 0.05) is 13.1 Å². The number of hydrogen-bond donors (Lipinski definition) is 3. The number of amidine groups is 1. The predicted molar refractivity (Wildman–Crippen MR) is 65.8 cm³/mol. The molecule has 0 aliphatic carbocycles. The molecule has 0 bridgehead atoms. The van der Waals surface area contributed by atoms with Crippen molar-refractivity contribution in [2.75, 3.05) is 26.2 Å². The van der Waals surface area contributed by atoms with Crippen molar-refractivity contribution in [3.63, 3.8) is 0 Å². The molecule has 1 heterocycles. The molecule has 0 aromatic heterocycles. The van der Waals surface area contributed by atoms with Crippen molar-refractivity contribution in [2.45, 2.75) is 38.6 Å². The molecule has 0 saturated carbocycles. The molecule has 1 saturated heterocycles. The fourth-order valence-corrected chi connectivity index (χ4v) is 2.11. The van der Waals surface area contributed by atoms with Crippen LogP contribution in [0.5, 0.6) is 0 Å². The molecule has 0 aromatic carbocycles. The zero-order valence-corrected chi connectivity index (χ0v) is 10.2. The summed E-state index contributed by atoms with van der Waals surface area (Å²) in [6.07, 6.45) is 4.84. The number of nitrogens with one attached hydrogen (secondary N) is 1. The number of nitrogens with zero attached hydrogens (tertiary/aromatic N) is 2. The van der Waals surface area contributed by atoms with Crippen LogP contribution in [0.1, 0.15) is 32.6 Å². The quantitative estimate of drug-likeness (QED) is 0.269. The summed E-state index contributed by atoms with van der Waals surface area (Å²) in [7, 11) is 0. The number of hydrogen-bond acceptors (Lipinski definition) is 4. The maximum Gasteiger partial charge on any atom is 0.156 e. The normalized spacial score (nSPS) is 20.9. The number of likely N-dealkylation sites (tertiary alicyclic amines) is 1. The van der Waals surface area contributed by atoms with Gasteiger partial charge in [-0.1, -0.05) is 18.5 Å². The monoisotopic (exact) mass is 228 g/mol. The van der Waals surface area contributed by atoms with Crippen molar-refractivity contribution in [1.82, 2.24) is 10.2 Å². The van der Waals surface area contributed by atoms with E-state index in [4.69, 9.17) is 10.9 Å². The van der Waals surface area contributed by atoms with Gasteiger partial charge in [0.1, 0.15) is 0 Å². The van der Waals surface area contributed by atoms with Gasteiger partial charge >= 0.3 is 0 Å². The standard InChI is InChI=1S/C11H24N4O/c1-2-10(11(12)14-16)13-6-9-15-7-4-3-5-8-15/h10,13,16H,2-9H2,1H3,(H2,12,14). The second kappa shape index (κ2) is 7.46. The van der Waals surface area contributed by atoms with Crippen LogP contribution in [-0.4, -0.2) is 48.2 Å². The Hall–Kier alpha value is -0.810. The highest BCUT2D eigenvalue weighted by Crippen LogP contribution is 2.07. The van der Waals surface area contributed by atoms with Crippen molar-refractivity contribution >= 4 is 5.84 Å². The summed E-state index contributed by atoms with van der Waals surface area (Å²) in [6.45, 7) is 6.39. The average Bonchev–Trinajstić information content (AvgIpc) is 2.35. The predicted octanol–water partition coefficient (Wildman–Crippen LogP) is 0.587. The maximum atomic E-state index is 8.60. The van der Waals surface area contributed by atoms with Crippen LogP contribution in [0, 0.1) is 0 Å². The van der Waals surface area contributed by atoms with Crippen LogP contribution in [0.15, 0.2) is 5.16 Å². The minimum Gasteiger partial charge on any atom is -0.409 e. The Morgan fingerprint density at radius 1 is 1.44 bits per heavy atom. The Bertz CT molecular complexity index is 214. The van der Waals surface area contributed by atoms with E-state index in [1.165, 1.54) is 32.4 Å². The lowest BCUT2D eigenvalue weighted by Gasteiger charge is -2.27. The number of oxime groups is 1. The van der Waals surface area contributed by atoms with Crippen molar-refractivity contribution in [2.24, 2.45) is 10.9 Å². The van der Waals surface area contributed by atoms with Crippen LogP contribution in [-0.2, 0) is 0 Å². The highest BCUT2D eigenvalue weighted by molar-refractivity contribution is 5.85. The summed E-state index contributed by atoms with van der Waals surface area (Å²) >= 11 is 0. The molecule has 0 amide bonds. The molecule has 1 aliphatic rings. The fraction of sp³-hybridized carbons (Fsp3) is 0.909. The molecule has 1 fully saturated rings. The molecule has 0 radical (unpaired) electrons. The van der Waals surface area contributed by atoms with Gasteiger partial charge in [-0.05, 0) is 32.4 Å². The molecule has 1 unspecified atom stereocenters. The Balaban J connectivity index is 2.17. The number of nitrogens with two attached hydrogens (primary N) is 1. The molecular weight excluding hydrogens is 204 g/mol. The molecule has 0 aromatic rings. The Morgan fingerprint density at radius 3 is 2.69 bits per heavy atom. The van der Waals surface area contributed by atoms with Gasteiger partial charge in [-0.25, -0.2) is 0 Å². The van der Waals surface area contributed by atoms with Crippen molar-refractivity contribution in [1.29, 1.82) is 0 Å². The summed E-state index contributed by atoms with van der Waals surface area (Å²) in [5.41, 5.74) is 5.57. The third-order valence-electron chi connectivity index (χ3n) is 3.15. The van der Waals surface area contributed by atoms with Gasteiger partial charge in [0.15, 0.2) is 5.84 Å². The minimum absolute atomic E-state index is 0.00482. The van der Waals surface area contributed by atoms with Crippen LogP contribution in [0.3, 0.4) is 0 Å². The third-order valence-corrected chi connectivity index (χ3v) is 3.15. The van der Waals surface area contributed by atoms with Gasteiger partial charge in [-0.2, -0.15) is 0 Å². The van der Waals surface area contributed by atoms with E-state index >= 15 is 0 Å². The largest absolute Gasteiger partial charge is 0.409 e. The topological polar surface area (TPSA) is 73.9 Å². The summed E-state index contributed by atoms with van der Waals surface area (Å²) in [5.74, 6) is 0.279. The van der Waals surface area contributed by atoms with E-state index in [-0.39, 0.29) is 11.9 Å². The Kier molecular flexibility index (Phi) is 6.18. The van der Waals surface area contributed by atoms with Crippen molar-refractivity contribution < 1.29 is 5.21 Å². The zero-order valence-electron chi connectivity index (χ0n) is 10.2. The van der Waals surface area contributed by atoms with Crippen LogP contribution < -0.4 is 11.1 Å². The van der Waals surface area contributed by atoms with Crippen molar-refractivity contribution in [3.8, 4) is 0 Å². The molecule has 4 N–H and O–H groups in total. The van der Waals surface area contributed by atoms with E-state index < -0.39 is 0 Å². The summed E-state index contributed by atoms with van der Waals surface area (Å²) in [4.78, 5) is 2.47. The van der Waals surface area contributed by atoms with Gasteiger partial charge in [0.2, 0.25) is 0 Å². The molecule has 5 nitrogen and oxygen atoms in total. The molecular formula is C11H24N4O. The fourth-order valence-electron chi connectivity index (χ4n) is 2.11. The molecule has 5 heteroatoms. The summed E-state index contributed by atoms with van der Waals surface area (Å²) in [6, 6.07) is -0.00482. The average molecular weight is 228 g/mol. The second-order valence-electron chi connectivity index (χ2n) is 4.34. The lowest BCUT2D eigenvalue weighted by atomic mass is 10.1. The van der Waals surface area contributed by atoms with E-state index in [0.29, 0.717) is 0 Å². The first kappa shape index (κ1) is 13.3. The lowest BCUT2D eigenvalue weighted by molar-refractivity contribution is 0.227. The first-order valence-electron chi connectivity index (χ1n) is 6.21. The number of rotatable bonds is 6. The molecule has 1 aliphatic heterocycles. The van der Waals surface area contributed by atoms with E-state index in [2.05, 4.69) is 15.4 Å². The molecule has 16 heavy (non-hydrogen) atoms. The van der Waals surface area contributed by atoms with E-state index in [1.54, 1.807) is 0 Å². The minimum atomic E-state index is -0.00482. The van der Waals surface area contributed by atoms with Gasteiger partial charge < -0.3 is 21.2 Å². The Morgan fingerprint density at radius 2 is 2.12 bits per heavy atom. The molecule has 0 spiro atoms. The molecule has 1 rings (SSSR count). The van der Waals surface area contributed by atoms with Gasteiger partial charge in [0.05, 0.1) is 6.04 Å². The van der Waals surface area contributed by atoms with Gasteiger partial charge in [-0.15, -0.1) is 0 Å². The smallest absolute Gasteiger partial charge is 0.156 e. The third kappa shape index (κ3) is 4.37. The molecule has 1 atom stereocenters. The van der Waals surface area contributed by atoms with Gasteiger partial charge in [-0.3, -0.25) is 0 Å². The van der Waals surface area contributed by atoms with Crippen LogP contribution in [0.4, 0.5) is 0 Å². The van der Waals surface area contributed by atoms with Crippen LogP contribution in [0.25, 0.3) is 0 Å².